The molecule has 2 aromatic carbocycles. The van der Waals surface area contributed by atoms with Gasteiger partial charge in [0.05, 0.1) is 13.7 Å². The van der Waals surface area contributed by atoms with Crippen molar-refractivity contribution >= 4 is 23.3 Å². The predicted octanol–water partition coefficient (Wildman–Crippen LogP) is 3.62. The first-order chi connectivity index (χ1) is 13.6. The fourth-order valence-corrected chi connectivity index (χ4v) is 3.32. The molecule has 0 aliphatic rings. The Morgan fingerprint density at radius 1 is 1.04 bits per heavy atom. The molecule has 146 valence electrons. The third-order valence-corrected chi connectivity index (χ3v) is 5.08. The lowest BCUT2D eigenvalue weighted by atomic mass is 10.2. The van der Waals surface area contributed by atoms with Crippen molar-refractivity contribution in [3.63, 3.8) is 0 Å². The number of rotatable bonds is 8. The van der Waals surface area contributed by atoms with Crippen LogP contribution in [0.3, 0.4) is 0 Å². The summed E-state index contributed by atoms with van der Waals surface area (Å²) < 4.78 is 12.1. The van der Waals surface area contributed by atoms with E-state index in [1.165, 1.54) is 16.3 Å². The number of hydrogen-bond donors (Lipinski definition) is 1. The number of methoxy groups -OCH3 is 1. The zero-order chi connectivity index (χ0) is 19.9. The SMILES string of the molecule is CCOc1ccc(Nc2nnc(SCc3ccc(OC)cc3)n(C)c2=O)cc1. The van der Waals surface area contributed by atoms with E-state index in [2.05, 4.69) is 15.5 Å². The van der Waals surface area contributed by atoms with Gasteiger partial charge in [-0.05, 0) is 48.9 Å². The summed E-state index contributed by atoms with van der Waals surface area (Å²) in [4.78, 5) is 12.6. The van der Waals surface area contributed by atoms with Gasteiger partial charge < -0.3 is 14.8 Å². The first kappa shape index (κ1) is 19.8. The van der Waals surface area contributed by atoms with Crippen molar-refractivity contribution in [3.8, 4) is 11.5 Å². The fraction of sp³-hybridized carbons (Fsp3) is 0.250. The van der Waals surface area contributed by atoms with Crippen LogP contribution in [-0.4, -0.2) is 28.5 Å². The van der Waals surface area contributed by atoms with Gasteiger partial charge in [0.1, 0.15) is 11.5 Å². The van der Waals surface area contributed by atoms with E-state index in [-0.39, 0.29) is 11.4 Å². The van der Waals surface area contributed by atoms with E-state index in [0.29, 0.717) is 17.5 Å². The molecule has 0 unspecified atom stereocenters. The molecule has 0 radical (unpaired) electrons. The van der Waals surface area contributed by atoms with Gasteiger partial charge in [0.15, 0.2) is 5.16 Å². The summed E-state index contributed by atoms with van der Waals surface area (Å²) in [5, 5.41) is 11.8. The molecule has 1 N–H and O–H groups in total. The van der Waals surface area contributed by atoms with Crippen LogP contribution in [0.15, 0.2) is 58.5 Å². The molecule has 0 saturated carbocycles. The van der Waals surface area contributed by atoms with Crippen molar-refractivity contribution in [3.05, 3.63) is 64.4 Å². The van der Waals surface area contributed by atoms with Crippen LogP contribution in [-0.2, 0) is 12.8 Å². The molecule has 3 aromatic rings. The summed E-state index contributed by atoms with van der Waals surface area (Å²) >= 11 is 1.45. The molecule has 28 heavy (non-hydrogen) atoms. The average molecular weight is 398 g/mol. The van der Waals surface area contributed by atoms with Crippen molar-refractivity contribution in [1.29, 1.82) is 0 Å². The van der Waals surface area contributed by atoms with Gasteiger partial charge in [-0.15, -0.1) is 10.2 Å². The number of hydrogen-bond acceptors (Lipinski definition) is 7. The molecule has 0 saturated heterocycles. The number of ether oxygens (including phenoxy) is 2. The molecule has 3 rings (SSSR count). The Kier molecular flexibility index (Phi) is 6.54. The second-order valence-electron chi connectivity index (χ2n) is 5.91. The highest BCUT2D eigenvalue weighted by Crippen LogP contribution is 2.22. The number of benzene rings is 2. The van der Waals surface area contributed by atoms with Crippen LogP contribution in [0, 0.1) is 0 Å². The van der Waals surface area contributed by atoms with Crippen LogP contribution >= 0.6 is 11.8 Å². The second-order valence-corrected chi connectivity index (χ2v) is 6.86. The van der Waals surface area contributed by atoms with E-state index in [9.17, 15) is 4.79 Å². The van der Waals surface area contributed by atoms with Gasteiger partial charge in [0.25, 0.3) is 5.56 Å². The summed E-state index contributed by atoms with van der Waals surface area (Å²) in [5.41, 5.74) is 1.62. The lowest BCUT2D eigenvalue weighted by Gasteiger charge is -2.10. The Hall–Kier alpha value is -3.00. The number of nitrogens with one attached hydrogen (secondary N) is 1. The zero-order valence-corrected chi connectivity index (χ0v) is 16.8. The molecule has 1 aromatic heterocycles. The lowest BCUT2D eigenvalue weighted by Crippen LogP contribution is -2.24. The van der Waals surface area contributed by atoms with Crippen LogP contribution < -0.4 is 20.3 Å². The quantitative estimate of drug-likeness (QED) is 0.581. The highest BCUT2D eigenvalue weighted by molar-refractivity contribution is 7.98. The van der Waals surface area contributed by atoms with Crippen LogP contribution in [0.5, 0.6) is 11.5 Å². The van der Waals surface area contributed by atoms with E-state index in [1.54, 1.807) is 14.2 Å². The number of aromatic nitrogens is 3. The van der Waals surface area contributed by atoms with E-state index in [1.807, 2.05) is 55.5 Å². The summed E-state index contributed by atoms with van der Waals surface area (Å²) in [6, 6.07) is 15.1. The number of nitrogens with zero attached hydrogens (tertiary/aromatic N) is 3. The van der Waals surface area contributed by atoms with Crippen LogP contribution in [0.25, 0.3) is 0 Å². The Morgan fingerprint density at radius 2 is 1.71 bits per heavy atom. The third-order valence-electron chi connectivity index (χ3n) is 3.98. The average Bonchev–Trinajstić information content (AvgIpc) is 2.73. The third kappa shape index (κ3) is 4.83. The first-order valence-corrected chi connectivity index (χ1v) is 9.78. The normalized spacial score (nSPS) is 10.5. The topological polar surface area (TPSA) is 78.3 Å². The molecule has 8 heteroatoms. The number of thioether (sulfide) groups is 1. The van der Waals surface area contributed by atoms with Gasteiger partial charge >= 0.3 is 0 Å². The largest absolute Gasteiger partial charge is 0.497 e. The minimum absolute atomic E-state index is 0.181. The first-order valence-electron chi connectivity index (χ1n) is 8.80. The van der Waals surface area contributed by atoms with Crippen LogP contribution in [0.2, 0.25) is 0 Å². The molecule has 7 nitrogen and oxygen atoms in total. The van der Waals surface area contributed by atoms with Gasteiger partial charge in [0.2, 0.25) is 5.82 Å². The highest BCUT2D eigenvalue weighted by Gasteiger charge is 2.10. The Morgan fingerprint density at radius 3 is 2.36 bits per heavy atom. The standard InChI is InChI=1S/C20H22N4O3S/c1-4-27-17-11-7-15(8-12-17)21-18-19(25)24(2)20(23-22-18)28-13-14-5-9-16(26-3)10-6-14/h5-12H,4,13H2,1-3H3,(H,21,22). The molecule has 0 fully saturated rings. The molecule has 1 heterocycles. The van der Waals surface area contributed by atoms with Crippen molar-refractivity contribution < 1.29 is 9.47 Å². The van der Waals surface area contributed by atoms with Crippen molar-refractivity contribution in [2.75, 3.05) is 19.0 Å². The summed E-state index contributed by atoms with van der Waals surface area (Å²) in [6.07, 6.45) is 0. The minimum atomic E-state index is -0.235. The Bertz CT molecular complexity index is 972. The van der Waals surface area contributed by atoms with E-state index in [0.717, 1.165) is 22.7 Å². The highest BCUT2D eigenvalue weighted by atomic mass is 32.2. The lowest BCUT2D eigenvalue weighted by molar-refractivity contribution is 0.340. The van der Waals surface area contributed by atoms with E-state index >= 15 is 0 Å². The van der Waals surface area contributed by atoms with Crippen molar-refractivity contribution in [2.24, 2.45) is 7.05 Å². The molecule has 0 aliphatic carbocycles. The van der Waals surface area contributed by atoms with Crippen LogP contribution in [0.1, 0.15) is 12.5 Å². The monoisotopic (exact) mass is 398 g/mol. The smallest absolute Gasteiger partial charge is 0.297 e. The fourth-order valence-electron chi connectivity index (χ4n) is 2.46. The molecule has 0 amide bonds. The molecule has 0 spiro atoms. The van der Waals surface area contributed by atoms with Gasteiger partial charge in [-0.25, -0.2) is 0 Å². The molecule has 0 atom stereocenters. The van der Waals surface area contributed by atoms with Gasteiger partial charge in [-0.1, -0.05) is 23.9 Å². The minimum Gasteiger partial charge on any atom is -0.497 e. The summed E-state index contributed by atoms with van der Waals surface area (Å²) in [7, 11) is 3.33. The Labute approximate surface area is 167 Å². The maximum absolute atomic E-state index is 12.6. The van der Waals surface area contributed by atoms with E-state index < -0.39 is 0 Å². The van der Waals surface area contributed by atoms with Crippen molar-refractivity contribution in [1.82, 2.24) is 14.8 Å². The maximum atomic E-state index is 12.6. The number of anilines is 2. The summed E-state index contributed by atoms with van der Waals surface area (Å²) in [6.45, 7) is 2.54. The second kappa shape index (κ2) is 9.27. The molecule has 0 aliphatic heterocycles. The van der Waals surface area contributed by atoms with Gasteiger partial charge in [-0.2, -0.15) is 0 Å². The summed E-state index contributed by atoms with van der Waals surface area (Å²) in [5.74, 6) is 2.45. The van der Waals surface area contributed by atoms with Crippen molar-refractivity contribution in [2.45, 2.75) is 17.8 Å². The molecule has 0 bridgehead atoms. The molecular weight excluding hydrogens is 376 g/mol. The van der Waals surface area contributed by atoms with Gasteiger partial charge in [0, 0.05) is 18.5 Å². The Balaban J connectivity index is 1.68. The predicted molar refractivity (Wildman–Crippen MR) is 111 cm³/mol. The van der Waals surface area contributed by atoms with Gasteiger partial charge in [-0.3, -0.25) is 9.36 Å². The molecular formula is C20H22N4O3S. The van der Waals surface area contributed by atoms with E-state index in [4.69, 9.17) is 9.47 Å². The van der Waals surface area contributed by atoms with Crippen LogP contribution in [0.4, 0.5) is 11.5 Å². The zero-order valence-electron chi connectivity index (χ0n) is 16.0. The maximum Gasteiger partial charge on any atom is 0.297 e.